The first kappa shape index (κ1) is 15.5. The van der Waals surface area contributed by atoms with Gasteiger partial charge in [-0.3, -0.25) is 4.79 Å². The summed E-state index contributed by atoms with van der Waals surface area (Å²) < 4.78 is 5.77. The number of benzene rings is 3. The van der Waals surface area contributed by atoms with E-state index in [9.17, 15) is 4.79 Å². The van der Waals surface area contributed by atoms with Gasteiger partial charge in [0.15, 0.2) is 0 Å². The van der Waals surface area contributed by atoms with Crippen LogP contribution in [-0.2, 0) is 9.53 Å². The average molecular weight is 306 g/mol. The lowest BCUT2D eigenvalue weighted by molar-refractivity contribution is -0.152. The monoisotopic (exact) mass is 306 g/mol. The first-order valence-electron chi connectivity index (χ1n) is 8.22. The van der Waals surface area contributed by atoms with Crippen LogP contribution in [0.25, 0.3) is 21.5 Å². The Kier molecular flexibility index (Phi) is 4.33. The molecule has 0 bridgehead atoms. The molecule has 3 rings (SSSR count). The summed E-state index contributed by atoms with van der Waals surface area (Å²) >= 11 is 0. The van der Waals surface area contributed by atoms with Gasteiger partial charge in [0.25, 0.3) is 0 Å². The van der Waals surface area contributed by atoms with Crippen LogP contribution in [0.5, 0.6) is 0 Å². The van der Waals surface area contributed by atoms with Crippen LogP contribution in [0.3, 0.4) is 0 Å². The fourth-order valence-electron chi connectivity index (χ4n) is 3.00. The minimum absolute atomic E-state index is 0.0707. The maximum absolute atomic E-state index is 12.2. The van der Waals surface area contributed by atoms with Crippen LogP contribution in [0.15, 0.2) is 54.6 Å². The number of ether oxygens (including phenoxy) is 1. The second-order valence-electron chi connectivity index (χ2n) is 6.12. The van der Waals surface area contributed by atoms with Gasteiger partial charge >= 0.3 is 5.97 Å². The van der Waals surface area contributed by atoms with Gasteiger partial charge in [0.1, 0.15) is 6.10 Å². The smallest absolute Gasteiger partial charge is 0.309 e. The molecular weight excluding hydrogens is 284 g/mol. The first-order valence-corrected chi connectivity index (χ1v) is 8.22. The van der Waals surface area contributed by atoms with Gasteiger partial charge in [0, 0.05) is 5.56 Å². The zero-order valence-corrected chi connectivity index (χ0v) is 13.9. The van der Waals surface area contributed by atoms with E-state index in [1.165, 1.54) is 10.8 Å². The predicted octanol–water partition coefficient (Wildman–Crippen LogP) is 5.64. The Morgan fingerprint density at radius 2 is 1.48 bits per heavy atom. The van der Waals surface area contributed by atoms with E-state index >= 15 is 0 Å². The minimum atomic E-state index is -0.271. The van der Waals surface area contributed by atoms with E-state index in [2.05, 4.69) is 30.3 Å². The van der Waals surface area contributed by atoms with Crippen molar-refractivity contribution in [3.8, 4) is 0 Å². The summed E-state index contributed by atoms with van der Waals surface area (Å²) in [5, 5.41) is 4.64. The van der Waals surface area contributed by atoms with Gasteiger partial charge in [-0.05, 0) is 41.0 Å². The molecule has 0 aliphatic carbocycles. The SMILES string of the molecule is CCC(C)C(=O)OC(C)c1c2ccccc2cc2ccccc12. The largest absolute Gasteiger partial charge is 0.458 e. The standard InChI is InChI=1S/C21H22O2/c1-4-14(2)21(22)23-15(3)20-18-11-7-5-9-16(18)13-17-10-6-8-12-19(17)20/h5-15H,4H2,1-3H3. The van der Waals surface area contributed by atoms with Crippen molar-refractivity contribution in [3.05, 3.63) is 60.2 Å². The lowest BCUT2D eigenvalue weighted by Crippen LogP contribution is -2.16. The Morgan fingerprint density at radius 3 is 2.00 bits per heavy atom. The zero-order valence-electron chi connectivity index (χ0n) is 13.9. The molecule has 0 saturated carbocycles. The Balaban J connectivity index is 2.14. The Bertz CT molecular complexity index is 797. The number of carbonyl (C=O) groups is 1. The van der Waals surface area contributed by atoms with Crippen molar-refractivity contribution in [2.75, 3.05) is 0 Å². The second-order valence-corrected chi connectivity index (χ2v) is 6.12. The fourth-order valence-corrected chi connectivity index (χ4v) is 3.00. The van der Waals surface area contributed by atoms with Gasteiger partial charge in [-0.25, -0.2) is 0 Å². The molecular formula is C21H22O2. The highest BCUT2D eigenvalue weighted by Gasteiger charge is 2.20. The van der Waals surface area contributed by atoms with E-state index < -0.39 is 0 Å². The molecule has 0 radical (unpaired) electrons. The van der Waals surface area contributed by atoms with Crippen LogP contribution >= 0.6 is 0 Å². The molecule has 2 nitrogen and oxygen atoms in total. The molecule has 118 valence electrons. The molecule has 0 N–H and O–H groups in total. The molecule has 23 heavy (non-hydrogen) atoms. The lowest BCUT2D eigenvalue weighted by Gasteiger charge is -2.20. The van der Waals surface area contributed by atoms with Gasteiger partial charge in [0.05, 0.1) is 5.92 Å². The highest BCUT2D eigenvalue weighted by molar-refractivity contribution is 6.02. The first-order chi connectivity index (χ1) is 11.1. The van der Waals surface area contributed by atoms with Crippen LogP contribution < -0.4 is 0 Å². The molecule has 2 unspecified atom stereocenters. The van der Waals surface area contributed by atoms with E-state index in [1.807, 2.05) is 45.0 Å². The molecule has 0 spiro atoms. The molecule has 2 heteroatoms. The second kappa shape index (κ2) is 6.41. The Morgan fingerprint density at radius 1 is 0.957 bits per heavy atom. The normalized spacial score (nSPS) is 13.9. The van der Waals surface area contributed by atoms with Crippen LogP contribution in [0.1, 0.15) is 38.9 Å². The van der Waals surface area contributed by atoms with Crippen LogP contribution in [-0.4, -0.2) is 5.97 Å². The molecule has 0 aliphatic heterocycles. The topological polar surface area (TPSA) is 26.3 Å². The molecule has 0 saturated heterocycles. The van der Waals surface area contributed by atoms with Gasteiger partial charge in [-0.15, -0.1) is 0 Å². The van der Waals surface area contributed by atoms with Crippen molar-refractivity contribution in [1.82, 2.24) is 0 Å². The summed E-state index contributed by atoms with van der Waals surface area (Å²) in [7, 11) is 0. The molecule has 0 aliphatic rings. The van der Waals surface area contributed by atoms with Crippen LogP contribution in [0, 0.1) is 5.92 Å². The van der Waals surface area contributed by atoms with Crippen LogP contribution in [0.4, 0.5) is 0 Å². The van der Waals surface area contributed by atoms with E-state index in [4.69, 9.17) is 4.74 Å². The summed E-state index contributed by atoms with van der Waals surface area (Å²) in [5.74, 6) is -0.198. The van der Waals surface area contributed by atoms with Gasteiger partial charge in [-0.2, -0.15) is 0 Å². The highest BCUT2D eigenvalue weighted by Crippen LogP contribution is 2.34. The number of carbonyl (C=O) groups excluding carboxylic acids is 1. The average Bonchev–Trinajstić information content (AvgIpc) is 2.58. The maximum Gasteiger partial charge on any atom is 0.309 e. The van der Waals surface area contributed by atoms with Gasteiger partial charge < -0.3 is 4.74 Å². The van der Waals surface area contributed by atoms with E-state index in [-0.39, 0.29) is 18.0 Å². The van der Waals surface area contributed by atoms with Gasteiger partial charge in [0.2, 0.25) is 0 Å². The van der Waals surface area contributed by atoms with Crippen molar-refractivity contribution >= 4 is 27.5 Å². The number of rotatable bonds is 4. The third-order valence-corrected chi connectivity index (χ3v) is 4.53. The van der Waals surface area contributed by atoms with Gasteiger partial charge in [-0.1, -0.05) is 62.4 Å². The van der Waals surface area contributed by atoms with Crippen molar-refractivity contribution in [2.24, 2.45) is 5.92 Å². The molecule has 0 fully saturated rings. The lowest BCUT2D eigenvalue weighted by atomic mass is 9.94. The Hall–Kier alpha value is -2.35. The van der Waals surface area contributed by atoms with E-state index in [0.29, 0.717) is 0 Å². The predicted molar refractivity (Wildman–Crippen MR) is 95.4 cm³/mol. The summed E-state index contributed by atoms with van der Waals surface area (Å²) in [5.41, 5.74) is 1.09. The Labute approximate surface area is 137 Å². The number of hydrogen-bond donors (Lipinski definition) is 0. The zero-order chi connectivity index (χ0) is 16.4. The summed E-state index contributed by atoms with van der Waals surface area (Å²) in [4.78, 5) is 12.2. The highest BCUT2D eigenvalue weighted by atomic mass is 16.5. The summed E-state index contributed by atoms with van der Waals surface area (Å²) in [6.07, 6.45) is 0.523. The fraction of sp³-hybridized carbons (Fsp3) is 0.286. The maximum atomic E-state index is 12.2. The molecule has 0 amide bonds. The number of esters is 1. The van der Waals surface area contributed by atoms with Crippen molar-refractivity contribution in [2.45, 2.75) is 33.3 Å². The van der Waals surface area contributed by atoms with Crippen LogP contribution in [0.2, 0.25) is 0 Å². The minimum Gasteiger partial charge on any atom is -0.458 e. The quantitative estimate of drug-likeness (QED) is 0.460. The summed E-state index contributed by atoms with van der Waals surface area (Å²) in [6, 6.07) is 18.7. The molecule has 0 aromatic heterocycles. The van der Waals surface area contributed by atoms with Crippen molar-refractivity contribution in [3.63, 3.8) is 0 Å². The summed E-state index contributed by atoms with van der Waals surface area (Å²) in [6.45, 7) is 5.88. The third-order valence-electron chi connectivity index (χ3n) is 4.53. The molecule has 3 aromatic carbocycles. The van der Waals surface area contributed by atoms with Crippen molar-refractivity contribution in [1.29, 1.82) is 0 Å². The third kappa shape index (κ3) is 2.94. The molecule has 2 atom stereocenters. The number of hydrogen-bond acceptors (Lipinski definition) is 2. The van der Waals surface area contributed by atoms with E-state index in [1.54, 1.807) is 0 Å². The molecule has 0 heterocycles. The molecule has 3 aromatic rings. The van der Waals surface area contributed by atoms with Crippen molar-refractivity contribution < 1.29 is 9.53 Å². The van der Waals surface area contributed by atoms with E-state index in [0.717, 1.165) is 22.8 Å². The number of fused-ring (bicyclic) bond motifs is 2.